The molecule has 0 saturated heterocycles. The fourth-order valence-electron chi connectivity index (χ4n) is 1.92. The highest BCUT2D eigenvalue weighted by molar-refractivity contribution is 7.99. The molecule has 5 heteroatoms. The Balaban J connectivity index is 2.07. The SMILES string of the molecule is CC(C)Oc1cc2c(c(F)c1F)Sc1ccccc1O2. The summed E-state index contributed by atoms with van der Waals surface area (Å²) in [7, 11) is 0. The van der Waals surface area contributed by atoms with Crippen LogP contribution in [-0.2, 0) is 0 Å². The third-order valence-electron chi connectivity index (χ3n) is 2.74. The van der Waals surface area contributed by atoms with Gasteiger partial charge in [-0.25, -0.2) is 4.39 Å². The molecule has 1 aliphatic heterocycles. The van der Waals surface area contributed by atoms with Crippen molar-refractivity contribution in [3.05, 3.63) is 42.0 Å². The van der Waals surface area contributed by atoms with E-state index < -0.39 is 11.6 Å². The van der Waals surface area contributed by atoms with Gasteiger partial charge in [0, 0.05) is 6.07 Å². The summed E-state index contributed by atoms with van der Waals surface area (Å²) in [6.07, 6.45) is -0.245. The van der Waals surface area contributed by atoms with E-state index in [1.54, 1.807) is 26.0 Å². The smallest absolute Gasteiger partial charge is 0.202 e. The first-order chi connectivity index (χ1) is 9.56. The van der Waals surface area contributed by atoms with Gasteiger partial charge in [-0.3, -0.25) is 0 Å². The van der Waals surface area contributed by atoms with E-state index in [0.29, 0.717) is 5.75 Å². The Morgan fingerprint density at radius 1 is 1.10 bits per heavy atom. The molecule has 3 rings (SSSR count). The van der Waals surface area contributed by atoms with Crippen molar-refractivity contribution in [2.75, 3.05) is 0 Å². The summed E-state index contributed by atoms with van der Waals surface area (Å²) < 4.78 is 39.0. The van der Waals surface area contributed by atoms with Crippen LogP contribution in [0.4, 0.5) is 8.78 Å². The van der Waals surface area contributed by atoms with Crippen molar-refractivity contribution >= 4 is 11.8 Å². The van der Waals surface area contributed by atoms with E-state index in [-0.39, 0.29) is 22.5 Å². The van der Waals surface area contributed by atoms with Crippen LogP contribution in [-0.4, -0.2) is 6.10 Å². The monoisotopic (exact) mass is 294 g/mol. The maximum atomic E-state index is 14.1. The zero-order valence-corrected chi connectivity index (χ0v) is 11.8. The molecule has 2 aromatic carbocycles. The first-order valence-electron chi connectivity index (χ1n) is 6.19. The molecule has 20 heavy (non-hydrogen) atoms. The van der Waals surface area contributed by atoms with Crippen LogP contribution in [0.25, 0.3) is 0 Å². The zero-order chi connectivity index (χ0) is 14.3. The van der Waals surface area contributed by atoms with E-state index in [1.165, 1.54) is 6.07 Å². The lowest BCUT2D eigenvalue weighted by Gasteiger charge is -2.21. The molecule has 0 aliphatic carbocycles. The molecule has 0 spiro atoms. The summed E-state index contributed by atoms with van der Waals surface area (Å²) >= 11 is 1.16. The Kier molecular flexibility index (Phi) is 3.30. The minimum atomic E-state index is -0.979. The lowest BCUT2D eigenvalue weighted by atomic mass is 10.2. The Hall–Kier alpha value is -1.75. The molecule has 0 aromatic heterocycles. The summed E-state index contributed by atoms with van der Waals surface area (Å²) in [5, 5.41) is 0. The van der Waals surface area contributed by atoms with Crippen molar-refractivity contribution in [1.29, 1.82) is 0 Å². The second-order valence-electron chi connectivity index (χ2n) is 4.65. The number of halogens is 2. The Morgan fingerprint density at radius 2 is 1.85 bits per heavy atom. The molecule has 0 unspecified atom stereocenters. The van der Waals surface area contributed by atoms with Crippen molar-refractivity contribution < 1.29 is 18.3 Å². The van der Waals surface area contributed by atoms with Crippen LogP contribution in [0.15, 0.2) is 40.1 Å². The Bertz CT molecular complexity index is 671. The highest BCUT2D eigenvalue weighted by Crippen LogP contribution is 2.50. The number of fused-ring (bicyclic) bond motifs is 2. The minimum Gasteiger partial charge on any atom is -0.488 e. The van der Waals surface area contributed by atoms with E-state index in [2.05, 4.69) is 0 Å². The molecular formula is C15H12F2O2S. The molecule has 0 N–H and O–H groups in total. The van der Waals surface area contributed by atoms with Gasteiger partial charge in [0.05, 0.1) is 15.9 Å². The van der Waals surface area contributed by atoms with Gasteiger partial charge in [-0.05, 0) is 26.0 Å². The molecule has 0 radical (unpaired) electrons. The van der Waals surface area contributed by atoms with Crippen LogP contribution >= 0.6 is 11.8 Å². The first-order valence-corrected chi connectivity index (χ1v) is 7.01. The van der Waals surface area contributed by atoms with Gasteiger partial charge < -0.3 is 9.47 Å². The molecule has 1 aliphatic rings. The highest BCUT2D eigenvalue weighted by Gasteiger charge is 2.26. The maximum absolute atomic E-state index is 14.1. The van der Waals surface area contributed by atoms with Crippen LogP contribution in [0.5, 0.6) is 17.2 Å². The molecule has 2 aromatic rings. The van der Waals surface area contributed by atoms with Gasteiger partial charge in [-0.2, -0.15) is 4.39 Å². The van der Waals surface area contributed by atoms with Crippen molar-refractivity contribution in [2.24, 2.45) is 0 Å². The maximum Gasteiger partial charge on any atom is 0.202 e. The molecular weight excluding hydrogens is 282 g/mol. The zero-order valence-electron chi connectivity index (χ0n) is 10.9. The topological polar surface area (TPSA) is 18.5 Å². The van der Waals surface area contributed by atoms with Gasteiger partial charge in [0.15, 0.2) is 11.6 Å². The third-order valence-corrected chi connectivity index (χ3v) is 3.88. The Morgan fingerprint density at radius 3 is 2.60 bits per heavy atom. The van der Waals surface area contributed by atoms with Gasteiger partial charge in [0.1, 0.15) is 11.5 Å². The second-order valence-corrected chi connectivity index (χ2v) is 5.70. The van der Waals surface area contributed by atoms with Gasteiger partial charge in [-0.1, -0.05) is 23.9 Å². The van der Waals surface area contributed by atoms with E-state index in [1.807, 2.05) is 12.1 Å². The second kappa shape index (κ2) is 4.98. The van der Waals surface area contributed by atoms with E-state index >= 15 is 0 Å². The van der Waals surface area contributed by atoms with Gasteiger partial charge >= 0.3 is 0 Å². The van der Waals surface area contributed by atoms with Crippen molar-refractivity contribution in [3.63, 3.8) is 0 Å². The summed E-state index contributed by atoms with van der Waals surface area (Å²) in [6, 6.07) is 8.64. The third kappa shape index (κ3) is 2.22. The van der Waals surface area contributed by atoms with Crippen LogP contribution < -0.4 is 9.47 Å². The minimum absolute atomic E-state index is 0.128. The largest absolute Gasteiger partial charge is 0.488 e. The lowest BCUT2D eigenvalue weighted by molar-refractivity contribution is 0.225. The number of hydrogen-bond donors (Lipinski definition) is 0. The molecule has 104 valence electrons. The summed E-state index contributed by atoms with van der Waals surface area (Å²) in [4.78, 5) is 0.910. The average Bonchev–Trinajstić information content (AvgIpc) is 2.42. The van der Waals surface area contributed by atoms with Crippen molar-refractivity contribution in [2.45, 2.75) is 29.7 Å². The molecule has 0 fully saturated rings. The standard InChI is InChI=1S/C15H12F2O2S/c1-8(2)18-10-7-11-15(14(17)13(10)16)20-12-6-4-3-5-9(12)19-11/h3-8H,1-2H3. The number of ether oxygens (including phenoxy) is 2. The summed E-state index contributed by atoms with van der Waals surface area (Å²) in [5.74, 6) is -1.13. The quantitative estimate of drug-likeness (QED) is 0.662. The van der Waals surface area contributed by atoms with Gasteiger partial charge in [0.25, 0.3) is 0 Å². The summed E-state index contributed by atoms with van der Waals surface area (Å²) in [6.45, 7) is 3.50. The normalized spacial score (nSPS) is 12.7. The fourth-order valence-corrected chi connectivity index (χ4v) is 2.88. The van der Waals surface area contributed by atoms with Crippen molar-refractivity contribution in [3.8, 4) is 17.2 Å². The number of hydrogen-bond acceptors (Lipinski definition) is 3. The van der Waals surface area contributed by atoms with Crippen LogP contribution in [0, 0.1) is 11.6 Å². The number of benzene rings is 2. The predicted molar refractivity (Wildman–Crippen MR) is 72.8 cm³/mol. The summed E-state index contributed by atoms with van der Waals surface area (Å²) in [5.41, 5.74) is 0. The Labute approximate surface area is 119 Å². The van der Waals surface area contributed by atoms with E-state index in [0.717, 1.165) is 16.7 Å². The number of rotatable bonds is 2. The average molecular weight is 294 g/mol. The lowest BCUT2D eigenvalue weighted by Crippen LogP contribution is -2.09. The van der Waals surface area contributed by atoms with Crippen LogP contribution in [0.1, 0.15) is 13.8 Å². The number of para-hydroxylation sites is 1. The van der Waals surface area contributed by atoms with Crippen molar-refractivity contribution in [1.82, 2.24) is 0 Å². The van der Waals surface area contributed by atoms with E-state index in [9.17, 15) is 8.78 Å². The van der Waals surface area contributed by atoms with E-state index in [4.69, 9.17) is 9.47 Å². The first kappa shape index (κ1) is 13.2. The molecule has 0 atom stereocenters. The van der Waals surface area contributed by atoms with Gasteiger partial charge in [-0.15, -0.1) is 0 Å². The molecule has 0 saturated carbocycles. The molecule has 0 bridgehead atoms. The predicted octanol–water partition coefficient (Wildman–Crippen LogP) is 5.01. The fraction of sp³-hybridized carbons (Fsp3) is 0.200. The van der Waals surface area contributed by atoms with Crippen LogP contribution in [0.2, 0.25) is 0 Å². The molecule has 2 nitrogen and oxygen atoms in total. The molecule has 1 heterocycles. The highest BCUT2D eigenvalue weighted by atomic mass is 32.2. The molecule has 0 amide bonds. The van der Waals surface area contributed by atoms with Crippen LogP contribution in [0.3, 0.4) is 0 Å². The van der Waals surface area contributed by atoms with Gasteiger partial charge in [0.2, 0.25) is 5.82 Å².